The van der Waals surface area contributed by atoms with Crippen LogP contribution in [0.3, 0.4) is 0 Å². The van der Waals surface area contributed by atoms with Gasteiger partial charge < -0.3 is 29.8 Å². The summed E-state index contributed by atoms with van der Waals surface area (Å²) in [5.74, 6) is 1.87. The molecular formula is C28H30N8O3. The molecule has 2 aliphatic heterocycles. The molecule has 200 valence electrons. The van der Waals surface area contributed by atoms with E-state index in [9.17, 15) is 5.11 Å². The molecule has 4 heterocycles. The van der Waals surface area contributed by atoms with Gasteiger partial charge in [0.1, 0.15) is 5.56 Å². The van der Waals surface area contributed by atoms with Crippen molar-refractivity contribution in [3.8, 4) is 11.5 Å². The monoisotopic (exact) mass is 526 g/mol. The van der Waals surface area contributed by atoms with Gasteiger partial charge in [0.05, 0.1) is 18.9 Å². The number of aliphatic hydroxyl groups excluding tert-OH is 1. The summed E-state index contributed by atoms with van der Waals surface area (Å²) < 4.78 is 13.6. The molecule has 0 bridgehead atoms. The topological polar surface area (TPSA) is 126 Å². The molecule has 1 saturated carbocycles. The number of nitrogens with zero attached hydrogens (tertiary/aromatic N) is 6. The van der Waals surface area contributed by atoms with E-state index in [1.54, 1.807) is 0 Å². The van der Waals surface area contributed by atoms with Crippen molar-refractivity contribution in [3.05, 3.63) is 71.9 Å². The number of nitrogens with one attached hydrogen (secondary N) is 2. The first-order valence-corrected chi connectivity index (χ1v) is 13.4. The molecule has 3 N–H and O–H groups in total. The Balaban J connectivity index is 1.19. The number of morpholine rings is 1. The van der Waals surface area contributed by atoms with Crippen molar-refractivity contribution in [2.45, 2.75) is 31.8 Å². The van der Waals surface area contributed by atoms with Crippen LogP contribution in [0.25, 0.3) is 11.5 Å². The maximum atomic E-state index is 11.1. The van der Waals surface area contributed by atoms with Crippen LogP contribution in [0.15, 0.2) is 70.2 Å². The standard InChI is InChI=1S/C28H30N8O3/c37-26-24(30-23(19-6-2-1-3-7-19)20-8-4-5-9-22(20)29-26)31-28-33-32-27(39-28)21-17-36(16-18-10-11-18)34-25(21)35-12-14-38-15-13-35/h1-9,17-18,24,26,29,37H,10-16H2,(H,31,33)/t24-,26?/m0/s1. The first-order valence-electron chi connectivity index (χ1n) is 13.4. The van der Waals surface area contributed by atoms with E-state index in [1.165, 1.54) is 12.8 Å². The second-order valence-corrected chi connectivity index (χ2v) is 10.1. The quantitative estimate of drug-likeness (QED) is 0.333. The number of benzene rings is 2. The maximum Gasteiger partial charge on any atom is 0.317 e. The zero-order valence-electron chi connectivity index (χ0n) is 21.4. The summed E-state index contributed by atoms with van der Waals surface area (Å²) in [6, 6.07) is 17.9. The Hall–Kier alpha value is -4.22. The SMILES string of the molecule is OC1Nc2ccccc2C(c2ccccc2)=N[C@H]1Nc1nnc(-c2cn(CC3CC3)nc2N2CCOCC2)o1. The lowest BCUT2D eigenvalue weighted by atomic mass is 10.0. The molecular weight excluding hydrogens is 496 g/mol. The molecule has 0 radical (unpaired) electrons. The third-order valence-corrected chi connectivity index (χ3v) is 7.22. The van der Waals surface area contributed by atoms with E-state index in [4.69, 9.17) is 19.2 Å². The zero-order chi connectivity index (χ0) is 26.2. The number of anilines is 3. The summed E-state index contributed by atoms with van der Waals surface area (Å²) in [6.45, 7) is 3.70. The summed E-state index contributed by atoms with van der Waals surface area (Å²) >= 11 is 0. The number of ether oxygens (including phenoxy) is 1. The highest BCUT2D eigenvalue weighted by atomic mass is 16.5. The van der Waals surface area contributed by atoms with Gasteiger partial charge in [-0.3, -0.25) is 9.67 Å². The Kier molecular flexibility index (Phi) is 6.22. The van der Waals surface area contributed by atoms with Gasteiger partial charge in [0.25, 0.3) is 5.89 Å². The number of hydrogen-bond donors (Lipinski definition) is 3. The van der Waals surface area contributed by atoms with Crippen LogP contribution in [0.1, 0.15) is 24.0 Å². The summed E-state index contributed by atoms with van der Waals surface area (Å²) in [6.07, 6.45) is 2.66. The molecule has 11 nitrogen and oxygen atoms in total. The Morgan fingerprint density at radius 3 is 2.59 bits per heavy atom. The number of fused-ring (bicyclic) bond motifs is 1. The summed E-state index contributed by atoms with van der Waals surface area (Å²) in [5, 5.41) is 30.8. The third-order valence-electron chi connectivity index (χ3n) is 7.22. The van der Waals surface area contributed by atoms with Gasteiger partial charge >= 0.3 is 6.01 Å². The van der Waals surface area contributed by atoms with Crippen LogP contribution in [0.4, 0.5) is 17.5 Å². The Morgan fingerprint density at radius 1 is 0.974 bits per heavy atom. The Bertz CT molecular complexity index is 1470. The second-order valence-electron chi connectivity index (χ2n) is 10.1. The fourth-order valence-corrected chi connectivity index (χ4v) is 5.02. The van der Waals surface area contributed by atoms with E-state index >= 15 is 0 Å². The molecule has 3 aliphatic rings. The number of para-hydroxylation sites is 1. The maximum absolute atomic E-state index is 11.1. The molecule has 0 spiro atoms. The van der Waals surface area contributed by atoms with Crippen LogP contribution in [-0.4, -0.2) is 69.5 Å². The molecule has 11 heteroatoms. The fraction of sp³-hybridized carbons (Fsp3) is 0.357. The Labute approximate surface area is 225 Å². The lowest BCUT2D eigenvalue weighted by molar-refractivity contribution is 0.122. The van der Waals surface area contributed by atoms with Crippen molar-refractivity contribution in [2.75, 3.05) is 41.8 Å². The first kappa shape index (κ1) is 23.9. The number of hydrogen-bond acceptors (Lipinski definition) is 10. The number of aliphatic imine (C=N–C) groups is 1. The molecule has 2 aromatic heterocycles. The molecule has 1 aliphatic carbocycles. The minimum Gasteiger partial charge on any atom is -0.403 e. The highest BCUT2D eigenvalue weighted by molar-refractivity contribution is 6.16. The van der Waals surface area contributed by atoms with E-state index in [0.29, 0.717) is 25.0 Å². The van der Waals surface area contributed by atoms with Gasteiger partial charge in [0, 0.05) is 42.6 Å². The van der Waals surface area contributed by atoms with Gasteiger partial charge in [-0.25, -0.2) is 0 Å². The Morgan fingerprint density at radius 2 is 1.77 bits per heavy atom. The van der Waals surface area contributed by atoms with Crippen molar-refractivity contribution in [1.29, 1.82) is 0 Å². The van der Waals surface area contributed by atoms with Crippen LogP contribution in [0.5, 0.6) is 0 Å². The molecule has 4 aromatic rings. The molecule has 2 atom stereocenters. The molecule has 7 rings (SSSR count). The van der Waals surface area contributed by atoms with Gasteiger partial charge in [-0.05, 0) is 24.8 Å². The smallest absolute Gasteiger partial charge is 0.317 e. The summed E-state index contributed by atoms with van der Waals surface area (Å²) in [5.41, 5.74) is 4.18. The first-order chi connectivity index (χ1) is 19.2. The molecule has 1 unspecified atom stereocenters. The minimum atomic E-state index is -1.03. The molecule has 39 heavy (non-hydrogen) atoms. The van der Waals surface area contributed by atoms with E-state index < -0.39 is 12.4 Å². The van der Waals surface area contributed by atoms with Crippen LogP contribution in [0.2, 0.25) is 0 Å². The van der Waals surface area contributed by atoms with Crippen molar-refractivity contribution in [2.24, 2.45) is 10.9 Å². The fourth-order valence-electron chi connectivity index (χ4n) is 5.02. The third kappa shape index (κ3) is 4.98. The normalized spacial score (nSPS) is 21.1. The molecule has 2 aromatic carbocycles. The number of aromatic nitrogens is 4. The van der Waals surface area contributed by atoms with Gasteiger partial charge in [0.15, 0.2) is 18.2 Å². The van der Waals surface area contributed by atoms with Crippen LogP contribution in [0, 0.1) is 5.92 Å². The minimum absolute atomic E-state index is 0.167. The van der Waals surface area contributed by atoms with Gasteiger partial charge in [-0.2, -0.15) is 5.10 Å². The van der Waals surface area contributed by atoms with Crippen molar-refractivity contribution >= 4 is 23.2 Å². The average molecular weight is 527 g/mol. The highest BCUT2D eigenvalue weighted by Gasteiger charge is 2.29. The lowest BCUT2D eigenvalue weighted by Crippen LogP contribution is -2.37. The van der Waals surface area contributed by atoms with Gasteiger partial charge in [0.2, 0.25) is 0 Å². The van der Waals surface area contributed by atoms with E-state index in [0.717, 1.165) is 53.5 Å². The molecule has 1 saturated heterocycles. The van der Waals surface area contributed by atoms with Crippen molar-refractivity contribution < 1.29 is 14.3 Å². The zero-order valence-corrected chi connectivity index (χ0v) is 21.4. The van der Waals surface area contributed by atoms with Crippen molar-refractivity contribution in [1.82, 2.24) is 20.0 Å². The summed E-state index contributed by atoms with van der Waals surface area (Å²) in [7, 11) is 0. The van der Waals surface area contributed by atoms with E-state index in [1.807, 2.05) is 65.5 Å². The largest absolute Gasteiger partial charge is 0.403 e. The molecule has 2 fully saturated rings. The van der Waals surface area contributed by atoms with Crippen LogP contribution in [-0.2, 0) is 11.3 Å². The predicted molar refractivity (Wildman–Crippen MR) is 147 cm³/mol. The lowest BCUT2D eigenvalue weighted by Gasteiger charge is -2.27. The number of aliphatic hydroxyl groups is 1. The van der Waals surface area contributed by atoms with Gasteiger partial charge in [-0.15, -0.1) is 5.10 Å². The van der Waals surface area contributed by atoms with Crippen LogP contribution >= 0.6 is 0 Å². The average Bonchev–Trinajstić information content (AvgIpc) is 3.53. The predicted octanol–water partition coefficient (Wildman–Crippen LogP) is 3.20. The van der Waals surface area contributed by atoms with Crippen LogP contribution < -0.4 is 15.5 Å². The molecule has 0 amide bonds. The highest BCUT2D eigenvalue weighted by Crippen LogP contribution is 2.34. The van der Waals surface area contributed by atoms with Crippen molar-refractivity contribution in [3.63, 3.8) is 0 Å². The number of rotatable bonds is 7. The van der Waals surface area contributed by atoms with Gasteiger partial charge in [-0.1, -0.05) is 53.6 Å². The van der Waals surface area contributed by atoms with E-state index in [-0.39, 0.29) is 6.01 Å². The second kappa shape index (κ2) is 10.2. The summed E-state index contributed by atoms with van der Waals surface area (Å²) in [4.78, 5) is 7.11. The van der Waals surface area contributed by atoms with E-state index in [2.05, 4.69) is 25.7 Å². The number of benzodiazepines with no additional fused rings is 1.